The molecule has 2 aromatic rings. The normalized spacial score (nSPS) is 12.4. The molecule has 2 rings (SSSR count). The molecule has 1 aromatic carbocycles. The summed E-state index contributed by atoms with van der Waals surface area (Å²) in [6.07, 6.45) is -1.07. The van der Waals surface area contributed by atoms with E-state index in [0.29, 0.717) is 40.1 Å². The van der Waals surface area contributed by atoms with E-state index in [1.165, 1.54) is 6.92 Å². The van der Waals surface area contributed by atoms with Crippen molar-refractivity contribution in [3.63, 3.8) is 0 Å². The third kappa shape index (κ3) is 3.50. The van der Waals surface area contributed by atoms with E-state index in [-0.39, 0.29) is 24.5 Å². The Bertz CT molecular complexity index is 797. The lowest BCUT2D eigenvalue weighted by molar-refractivity contribution is 0.0684. The molecule has 1 heterocycles. The quantitative estimate of drug-likeness (QED) is 0.363. The summed E-state index contributed by atoms with van der Waals surface area (Å²) >= 11 is 0. The molecule has 0 bridgehead atoms. The molecule has 0 aliphatic carbocycles. The second kappa shape index (κ2) is 8.43. The summed E-state index contributed by atoms with van der Waals surface area (Å²) in [6, 6.07) is 3.26. The van der Waals surface area contributed by atoms with Crippen LogP contribution in [0.1, 0.15) is 51.5 Å². The van der Waals surface area contributed by atoms with Gasteiger partial charge in [0.15, 0.2) is 0 Å². The number of nitrogens with one attached hydrogen (secondary N) is 2. The predicted octanol–water partition coefficient (Wildman–Crippen LogP) is 0.630. The highest BCUT2D eigenvalue weighted by molar-refractivity contribution is 5.92. The standard InChI is InChI=1S/C18H24N2O6/c1-9(24)15-16(14(5-19-2)20-17(15)18(25)26)11-4-3-10(6-21)12(7-22)13(11)8-23/h3-4,9,19-24H,5-8H2,1-2H3,(H,25,26). The van der Waals surface area contributed by atoms with Gasteiger partial charge in [0.2, 0.25) is 0 Å². The van der Waals surface area contributed by atoms with Crippen LogP contribution in [0, 0.1) is 0 Å². The zero-order valence-corrected chi connectivity index (χ0v) is 14.7. The second-order valence-electron chi connectivity index (χ2n) is 5.98. The van der Waals surface area contributed by atoms with Crippen molar-refractivity contribution in [3.05, 3.63) is 45.8 Å². The minimum absolute atomic E-state index is 0.124. The maximum Gasteiger partial charge on any atom is 0.352 e. The van der Waals surface area contributed by atoms with Gasteiger partial charge in [-0.25, -0.2) is 4.79 Å². The van der Waals surface area contributed by atoms with Gasteiger partial charge in [0.1, 0.15) is 5.69 Å². The van der Waals surface area contributed by atoms with Crippen LogP contribution in [0.2, 0.25) is 0 Å². The number of aliphatic hydroxyl groups is 4. The van der Waals surface area contributed by atoms with Crippen LogP contribution >= 0.6 is 0 Å². The van der Waals surface area contributed by atoms with Crippen LogP contribution in [0.4, 0.5) is 0 Å². The van der Waals surface area contributed by atoms with E-state index in [4.69, 9.17) is 0 Å². The number of rotatable bonds is 8. The van der Waals surface area contributed by atoms with Crippen LogP contribution in [-0.4, -0.2) is 43.5 Å². The number of H-pyrrole nitrogens is 1. The van der Waals surface area contributed by atoms with Crippen molar-refractivity contribution < 1.29 is 30.3 Å². The Labute approximate surface area is 150 Å². The van der Waals surface area contributed by atoms with Gasteiger partial charge < -0.3 is 35.8 Å². The van der Waals surface area contributed by atoms with Gasteiger partial charge in [-0.05, 0) is 36.2 Å². The average Bonchev–Trinajstić information content (AvgIpc) is 3.00. The van der Waals surface area contributed by atoms with Gasteiger partial charge in [0, 0.05) is 23.4 Å². The molecule has 8 nitrogen and oxygen atoms in total. The summed E-state index contributed by atoms with van der Waals surface area (Å²) in [5.74, 6) is -1.20. The fourth-order valence-electron chi connectivity index (χ4n) is 3.27. The number of hydrogen-bond donors (Lipinski definition) is 7. The topological polar surface area (TPSA) is 146 Å². The highest BCUT2D eigenvalue weighted by Crippen LogP contribution is 2.38. The van der Waals surface area contributed by atoms with Crippen LogP contribution in [0.5, 0.6) is 0 Å². The largest absolute Gasteiger partial charge is 0.477 e. The molecule has 26 heavy (non-hydrogen) atoms. The van der Waals surface area contributed by atoms with Gasteiger partial charge in [0.25, 0.3) is 0 Å². The minimum atomic E-state index is -1.20. The molecule has 0 fully saturated rings. The highest BCUT2D eigenvalue weighted by Gasteiger charge is 2.27. The molecule has 0 amide bonds. The van der Waals surface area contributed by atoms with E-state index in [9.17, 15) is 30.3 Å². The summed E-state index contributed by atoms with van der Waals surface area (Å²) < 4.78 is 0. The number of hydrogen-bond acceptors (Lipinski definition) is 6. The Hall–Kier alpha value is -2.23. The van der Waals surface area contributed by atoms with Gasteiger partial charge in [-0.3, -0.25) is 0 Å². The summed E-state index contributed by atoms with van der Waals surface area (Å²) in [7, 11) is 1.70. The molecule has 0 saturated carbocycles. The number of aromatic carboxylic acids is 1. The van der Waals surface area contributed by atoms with Crippen LogP contribution in [-0.2, 0) is 26.4 Å². The summed E-state index contributed by atoms with van der Waals surface area (Å²) in [5.41, 5.74) is 2.83. The number of carboxylic acid groups (broad SMARTS) is 1. The molecule has 0 saturated heterocycles. The maximum absolute atomic E-state index is 11.6. The SMILES string of the molecule is CNCc1[nH]c(C(=O)O)c(C(C)O)c1-c1ccc(CO)c(CO)c1CO. The lowest BCUT2D eigenvalue weighted by Crippen LogP contribution is -2.09. The molecule has 1 aromatic heterocycles. The first-order valence-electron chi connectivity index (χ1n) is 8.18. The van der Waals surface area contributed by atoms with Gasteiger partial charge in [-0.15, -0.1) is 0 Å². The molecule has 7 N–H and O–H groups in total. The van der Waals surface area contributed by atoms with Gasteiger partial charge in [-0.2, -0.15) is 0 Å². The number of carbonyl (C=O) groups is 1. The zero-order valence-electron chi connectivity index (χ0n) is 14.7. The Morgan fingerprint density at radius 3 is 2.27 bits per heavy atom. The molecule has 1 unspecified atom stereocenters. The maximum atomic E-state index is 11.6. The Morgan fingerprint density at radius 1 is 1.15 bits per heavy atom. The second-order valence-corrected chi connectivity index (χ2v) is 5.98. The lowest BCUT2D eigenvalue weighted by atomic mass is 9.89. The van der Waals surface area contributed by atoms with Crippen molar-refractivity contribution in [1.82, 2.24) is 10.3 Å². The first kappa shape index (κ1) is 20.1. The van der Waals surface area contributed by atoms with Crippen molar-refractivity contribution in [2.45, 2.75) is 39.4 Å². The van der Waals surface area contributed by atoms with E-state index in [0.717, 1.165) is 0 Å². The van der Waals surface area contributed by atoms with Crippen molar-refractivity contribution >= 4 is 5.97 Å². The van der Waals surface area contributed by atoms with Gasteiger partial charge >= 0.3 is 5.97 Å². The molecule has 142 valence electrons. The molecular formula is C18H24N2O6. The molecular weight excluding hydrogens is 340 g/mol. The fourth-order valence-corrected chi connectivity index (χ4v) is 3.27. The van der Waals surface area contributed by atoms with E-state index in [1.54, 1.807) is 19.2 Å². The number of aromatic amines is 1. The van der Waals surface area contributed by atoms with Crippen molar-refractivity contribution in [3.8, 4) is 11.1 Å². The number of benzene rings is 1. The van der Waals surface area contributed by atoms with Crippen LogP contribution in [0.15, 0.2) is 12.1 Å². The van der Waals surface area contributed by atoms with Crippen molar-refractivity contribution in [2.75, 3.05) is 7.05 Å². The average molecular weight is 364 g/mol. The van der Waals surface area contributed by atoms with E-state index >= 15 is 0 Å². The van der Waals surface area contributed by atoms with Crippen LogP contribution in [0.3, 0.4) is 0 Å². The van der Waals surface area contributed by atoms with Crippen molar-refractivity contribution in [1.29, 1.82) is 0 Å². The number of aliphatic hydroxyl groups excluding tert-OH is 4. The Morgan fingerprint density at radius 2 is 1.81 bits per heavy atom. The zero-order chi connectivity index (χ0) is 19.4. The van der Waals surface area contributed by atoms with E-state index < -0.39 is 18.7 Å². The molecule has 0 aliphatic rings. The Balaban J connectivity index is 2.88. The first-order valence-corrected chi connectivity index (χ1v) is 8.18. The molecule has 1 atom stereocenters. The first-order chi connectivity index (χ1) is 12.4. The van der Waals surface area contributed by atoms with Gasteiger partial charge in [0.05, 0.1) is 25.9 Å². The molecule has 8 heteroatoms. The van der Waals surface area contributed by atoms with Crippen molar-refractivity contribution in [2.24, 2.45) is 0 Å². The summed E-state index contributed by atoms with van der Waals surface area (Å²) in [5, 5.41) is 51.7. The molecule has 0 spiro atoms. The van der Waals surface area contributed by atoms with E-state index in [1.807, 2.05) is 0 Å². The minimum Gasteiger partial charge on any atom is -0.477 e. The highest BCUT2D eigenvalue weighted by atomic mass is 16.4. The lowest BCUT2D eigenvalue weighted by Gasteiger charge is -2.18. The third-order valence-electron chi connectivity index (χ3n) is 4.39. The Kier molecular flexibility index (Phi) is 6.52. The monoisotopic (exact) mass is 364 g/mol. The van der Waals surface area contributed by atoms with Crippen LogP contribution in [0.25, 0.3) is 11.1 Å². The summed E-state index contributed by atoms with van der Waals surface area (Å²) in [6.45, 7) is 0.675. The predicted molar refractivity (Wildman–Crippen MR) is 94.4 cm³/mol. The molecule has 0 aliphatic heterocycles. The smallest absolute Gasteiger partial charge is 0.352 e. The fraction of sp³-hybridized carbons (Fsp3) is 0.389. The number of aromatic nitrogens is 1. The van der Waals surface area contributed by atoms with Gasteiger partial charge in [-0.1, -0.05) is 12.1 Å². The van der Waals surface area contributed by atoms with E-state index in [2.05, 4.69) is 10.3 Å². The van der Waals surface area contributed by atoms with Crippen LogP contribution < -0.4 is 5.32 Å². The number of carboxylic acids is 1. The third-order valence-corrected chi connectivity index (χ3v) is 4.39. The summed E-state index contributed by atoms with van der Waals surface area (Å²) in [4.78, 5) is 14.5. The molecule has 0 radical (unpaired) electrons.